The van der Waals surface area contributed by atoms with E-state index in [2.05, 4.69) is 59.9 Å². The van der Waals surface area contributed by atoms with Crippen molar-refractivity contribution in [3.05, 3.63) is 0 Å². The van der Waals surface area contributed by atoms with Crippen LogP contribution in [0.4, 0.5) is 0 Å². The molecule has 0 amide bonds. The molecule has 0 aromatic rings. The standard InChI is InChI=1S/C15H32N2S2/c1-5-14(6-2)12-16-10-9-11-17-13-15(7-3,8-4)19-18-14/h16-17H,5-13H2,1-4H3. The molecule has 1 aliphatic rings. The van der Waals surface area contributed by atoms with Crippen molar-refractivity contribution in [2.45, 2.75) is 69.3 Å². The monoisotopic (exact) mass is 304 g/mol. The number of rotatable bonds is 4. The highest BCUT2D eigenvalue weighted by molar-refractivity contribution is 8.77. The first-order chi connectivity index (χ1) is 9.16. The summed E-state index contributed by atoms with van der Waals surface area (Å²) in [6, 6.07) is 0. The van der Waals surface area contributed by atoms with E-state index >= 15 is 0 Å². The third kappa shape index (κ3) is 5.14. The summed E-state index contributed by atoms with van der Waals surface area (Å²) in [5.74, 6) is 0. The summed E-state index contributed by atoms with van der Waals surface area (Å²) in [5.41, 5.74) is 0. The first-order valence-electron chi connectivity index (χ1n) is 7.94. The number of hydrogen-bond acceptors (Lipinski definition) is 4. The highest BCUT2D eigenvalue weighted by Crippen LogP contribution is 2.49. The summed E-state index contributed by atoms with van der Waals surface area (Å²) in [4.78, 5) is 0. The van der Waals surface area contributed by atoms with Crippen LogP contribution in [-0.2, 0) is 0 Å². The summed E-state index contributed by atoms with van der Waals surface area (Å²) in [6.45, 7) is 14.0. The zero-order chi connectivity index (χ0) is 14.2. The van der Waals surface area contributed by atoms with Gasteiger partial charge in [0.25, 0.3) is 0 Å². The molecule has 0 radical (unpaired) electrons. The fraction of sp³-hybridized carbons (Fsp3) is 1.00. The van der Waals surface area contributed by atoms with Crippen LogP contribution in [0.15, 0.2) is 0 Å². The van der Waals surface area contributed by atoms with E-state index in [0.29, 0.717) is 9.49 Å². The van der Waals surface area contributed by atoms with Crippen LogP contribution >= 0.6 is 21.6 Å². The lowest BCUT2D eigenvalue weighted by Crippen LogP contribution is -2.38. The molecule has 114 valence electrons. The molecular weight excluding hydrogens is 272 g/mol. The minimum atomic E-state index is 0.407. The van der Waals surface area contributed by atoms with Crippen molar-refractivity contribution < 1.29 is 0 Å². The largest absolute Gasteiger partial charge is 0.315 e. The van der Waals surface area contributed by atoms with Gasteiger partial charge in [0.2, 0.25) is 0 Å². The van der Waals surface area contributed by atoms with Gasteiger partial charge >= 0.3 is 0 Å². The van der Waals surface area contributed by atoms with E-state index in [1.807, 2.05) is 0 Å². The molecule has 1 aliphatic heterocycles. The van der Waals surface area contributed by atoms with E-state index in [9.17, 15) is 0 Å². The Morgan fingerprint density at radius 1 is 0.737 bits per heavy atom. The third-order valence-electron chi connectivity index (χ3n) is 4.57. The molecule has 1 rings (SSSR count). The molecule has 0 bridgehead atoms. The van der Waals surface area contributed by atoms with Crippen LogP contribution in [-0.4, -0.2) is 35.7 Å². The van der Waals surface area contributed by atoms with Gasteiger partial charge in [-0.15, -0.1) is 0 Å². The molecular formula is C15H32N2S2. The highest BCUT2D eigenvalue weighted by atomic mass is 33.1. The minimum Gasteiger partial charge on any atom is -0.315 e. The van der Waals surface area contributed by atoms with Crippen LogP contribution in [0.25, 0.3) is 0 Å². The molecule has 2 N–H and O–H groups in total. The quantitative estimate of drug-likeness (QED) is 0.765. The van der Waals surface area contributed by atoms with E-state index in [0.717, 1.165) is 26.2 Å². The predicted molar refractivity (Wildman–Crippen MR) is 92.2 cm³/mol. The molecule has 1 fully saturated rings. The maximum absolute atomic E-state index is 3.66. The molecule has 2 nitrogen and oxygen atoms in total. The van der Waals surface area contributed by atoms with Crippen LogP contribution in [0.1, 0.15) is 59.8 Å². The molecule has 0 atom stereocenters. The Kier molecular flexibility index (Phi) is 8.19. The second-order valence-corrected chi connectivity index (χ2v) is 8.72. The number of hydrogen-bond donors (Lipinski definition) is 2. The Bertz CT molecular complexity index is 214. The van der Waals surface area contributed by atoms with Gasteiger partial charge < -0.3 is 10.6 Å². The lowest BCUT2D eigenvalue weighted by molar-refractivity contribution is 0.475. The van der Waals surface area contributed by atoms with Crippen molar-refractivity contribution >= 4 is 21.6 Å². The van der Waals surface area contributed by atoms with E-state index < -0.39 is 0 Å². The van der Waals surface area contributed by atoms with E-state index in [1.165, 1.54) is 32.1 Å². The summed E-state index contributed by atoms with van der Waals surface area (Å²) in [5, 5.41) is 7.33. The molecule has 0 aromatic heterocycles. The molecule has 4 heteroatoms. The van der Waals surface area contributed by atoms with Gasteiger partial charge in [0.05, 0.1) is 0 Å². The predicted octanol–water partition coefficient (Wildman–Crippen LogP) is 4.07. The van der Waals surface area contributed by atoms with Crippen molar-refractivity contribution in [3.63, 3.8) is 0 Å². The van der Waals surface area contributed by atoms with Crippen LogP contribution in [0.5, 0.6) is 0 Å². The summed E-state index contributed by atoms with van der Waals surface area (Å²) >= 11 is 0. The van der Waals surface area contributed by atoms with Gasteiger partial charge in [-0.25, -0.2) is 0 Å². The number of nitrogens with one attached hydrogen (secondary N) is 2. The lowest BCUT2D eigenvalue weighted by Gasteiger charge is -2.37. The second-order valence-electron chi connectivity index (χ2n) is 5.65. The lowest BCUT2D eigenvalue weighted by atomic mass is 10.0. The zero-order valence-corrected chi connectivity index (χ0v) is 14.8. The van der Waals surface area contributed by atoms with E-state index in [4.69, 9.17) is 0 Å². The Balaban J connectivity index is 2.78. The molecule has 0 saturated carbocycles. The van der Waals surface area contributed by atoms with Gasteiger partial charge in [0, 0.05) is 22.6 Å². The molecule has 1 heterocycles. The molecule has 0 aromatic carbocycles. The van der Waals surface area contributed by atoms with Gasteiger partial charge in [-0.1, -0.05) is 49.3 Å². The Morgan fingerprint density at radius 3 is 1.42 bits per heavy atom. The van der Waals surface area contributed by atoms with E-state index in [1.54, 1.807) is 0 Å². The van der Waals surface area contributed by atoms with Crippen molar-refractivity contribution in [1.29, 1.82) is 0 Å². The van der Waals surface area contributed by atoms with Crippen molar-refractivity contribution in [1.82, 2.24) is 10.6 Å². The van der Waals surface area contributed by atoms with Gasteiger partial charge in [0.1, 0.15) is 0 Å². The first kappa shape index (κ1) is 17.7. The second kappa shape index (κ2) is 8.81. The van der Waals surface area contributed by atoms with Gasteiger partial charge in [-0.2, -0.15) is 0 Å². The fourth-order valence-electron chi connectivity index (χ4n) is 2.44. The summed E-state index contributed by atoms with van der Waals surface area (Å²) in [7, 11) is 4.29. The zero-order valence-electron chi connectivity index (χ0n) is 13.2. The third-order valence-corrected chi connectivity index (χ3v) is 9.18. The van der Waals surface area contributed by atoms with Gasteiger partial charge in [0.15, 0.2) is 0 Å². The minimum absolute atomic E-state index is 0.407. The summed E-state index contributed by atoms with van der Waals surface area (Å²) < 4.78 is 0.815. The fourth-order valence-corrected chi connectivity index (χ4v) is 6.42. The smallest absolute Gasteiger partial charge is 0.0382 e. The Morgan fingerprint density at radius 2 is 1.11 bits per heavy atom. The SMILES string of the molecule is CCC1(CC)CNCCCNCC(CC)(CC)SS1. The highest BCUT2D eigenvalue weighted by Gasteiger charge is 2.34. The maximum atomic E-state index is 3.66. The van der Waals surface area contributed by atoms with Gasteiger partial charge in [-0.3, -0.25) is 0 Å². The van der Waals surface area contributed by atoms with Gasteiger partial charge in [-0.05, 0) is 45.2 Å². The topological polar surface area (TPSA) is 24.1 Å². The van der Waals surface area contributed by atoms with Crippen molar-refractivity contribution in [2.75, 3.05) is 26.2 Å². The van der Waals surface area contributed by atoms with Crippen LogP contribution in [0.3, 0.4) is 0 Å². The van der Waals surface area contributed by atoms with Crippen LogP contribution in [0.2, 0.25) is 0 Å². The first-order valence-corrected chi connectivity index (χ1v) is 10.1. The van der Waals surface area contributed by atoms with Crippen LogP contribution in [0, 0.1) is 0 Å². The average Bonchev–Trinajstić information content (AvgIpc) is 2.51. The molecule has 19 heavy (non-hydrogen) atoms. The van der Waals surface area contributed by atoms with Crippen LogP contribution < -0.4 is 10.6 Å². The molecule has 0 spiro atoms. The maximum Gasteiger partial charge on any atom is 0.0382 e. The molecule has 0 unspecified atom stereocenters. The Hall–Kier alpha value is 0.620. The van der Waals surface area contributed by atoms with Crippen molar-refractivity contribution in [3.8, 4) is 0 Å². The Labute approximate surface area is 128 Å². The molecule has 0 aliphatic carbocycles. The normalized spacial score (nSPS) is 24.6. The summed E-state index contributed by atoms with van der Waals surface area (Å²) in [6.07, 6.45) is 6.26. The van der Waals surface area contributed by atoms with Crippen molar-refractivity contribution in [2.24, 2.45) is 0 Å². The average molecular weight is 305 g/mol. The molecule has 1 saturated heterocycles. The van der Waals surface area contributed by atoms with E-state index in [-0.39, 0.29) is 0 Å².